The molecule has 0 atom stereocenters. The molecule has 0 aliphatic rings. The number of hydrogen-bond acceptors (Lipinski definition) is 5. The molecule has 22 heavy (non-hydrogen) atoms. The van der Waals surface area contributed by atoms with Crippen molar-refractivity contribution in [1.29, 1.82) is 0 Å². The van der Waals surface area contributed by atoms with E-state index in [1.165, 1.54) is 22.9 Å². The maximum absolute atomic E-state index is 13.8. The third kappa shape index (κ3) is 2.90. The van der Waals surface area contributed by atoms with Crippen molar-refractivity contribution >= 4 is 28.6 Å². The van der Waals surface area contributed by atoms with Crippen molar-refractivity contribution < 1.29 is 13.6 Å². The van der Waals surface area contributed by atoms with Crippen molar-refractivity contribution in [2.75, 3.05) is 0 Å². The normalized spacial score (nSPS) is 11.5. The van der Waals surface area contributed by atoms with Gasteiger partial charge < -0.3 is 10.3 Å². The van der Waals surface area contributed by atoms with E-state index in [-0.39, 0.29) is 6.54 Å². The highest BCUT2D eigenvalue weighted by molar-refractivity contribution is 7.13. The van der Waals surface area contributed by atoms with Crippen molar-refractivity contribution in [2.24, 2.45) is 0 Å². The lowest BCUT2D eigenvalue weighted by Gasteiger charge is -2.12. The first-order valence-electron chi connectivity index (χ1n) is 6.21. The first-order valence-corrected chi connectivity index (χ1v) is 7.97. The number of thiophene rings is 1. The number of hydrogen-bond donors (Lipinski definition) is 2. The zero-order chi connectivity index (χ0) is 15.6. The number of imidazole rings is 1. The molecular weight excluding hydrogens is 330 g/mol. The van der Waals surface area contributed by atoms with Gasteiger partial charge in [0, 0.05) is 11.6 Å². The first kappa shape index (κ1) is 14.8. The van der Waals surface area contributed by atoms with Gasteiger partial charge in [0.15, 0.2) is 5.01 Å². The Labute approximate surface area is 132 Å². The van der Waals surface area contributed by atoms with Gasteiger partial charge in [-0.15, -0.1) is 22.7 Å². The number of carbonyl (C=O) groups excluding carboxylic acids is 1. The average molecular weight is 340 g/mol. The Hall–Kier alpha value is -2.13. The van der Waals surface area contributed by atoms with Crippen LogP contribution in [0.25, 0.3) is 10.6 Å². The van der Waals surface area contributed by atoms with Crippen molar-refractivity contribution in [3.8, 4) is 10.6 Å². The van der Waals surface area contributed by atoms with Crippen LogP contribution in [0.5, 0.6) is 0 Å². The summed E-state index contributed by atoms with van der Waals surface area (Å²) in [4.78, 5) is 23.2. The van der Waals surface area contributed by atoms with E-state index in [9.17, 15) is 13.6 Å². The summed E-state index contributed by atoms with van der Waals surface area (Å²) in [6.07, 6.45) is 2.84. The van der Waals surface area contributed by atoms with Crippen LogP contribution in [0.15, 0.2) is 35.3 Å². The van der Waals surface area contributed by atoms with Gasteiger partial charge in [0.25, 0.3) is 5.91 Å². The van der Waals surface area contributed by atoms with Crippen LogP contribution in [0.3, 0.4) is 0 Å². The fraction of sp³-hybridized carbons (Fsp3) is 0.154. The van der Waals surface area contributed by atoms with E-state index in [4.69, 9.17) is 0 Å². The van der Waals surface area contributed by atoms with Crippen LogP contribution < -0.4 is 5.32 Å². The molecule has 3 heterocycles. The van der Waals surface area contributed by atoms with E-state index < -0.39 is 16.8 Å². The average Bonchev–Trinajstić information content (AvgIpc) is 3.25. The second kappa shape index (κ2) is 5.93. The third-order valence-corrected chi connectivity index (χ3v) is 4.56. The monoisotopic (exact) mass is 340 g/mol. The van der Waals surface area contributed by atoms with Crippen molar-refractivity contribution in [2.45, 2.75) is 12.5 Å². The van der Waals surface area contributed by atoms with Gasteiger partial charge in [-0.2, -0.15) is 8.78 Å². The summed E-state index contributed by atoms with van der Waals surface area (Å²) >= 11 is 2.27. The highest BCUT2D eigenvalue weighted by atomic mass is 32.1. The predicted octanol–water partition coefficient (Wildman–Crippen LogP) is 3.00. The van der Waals surface area contributed by atoms with Gasteiger partial charge in [0.05, 0.1) is 23.3 Å². The summed E-state index contributed by atoms with van der Waals surface area (Å²) in [6.45, 7) is -0.106. The minimum atomic E-state index is -3.64. The van der Waals surface area contributed by atoms with Gasteiger partial charge in [0.1, 0.15) is 5.82 Å². The maximum Gasteiger partial charge on any atom is 0.375 e. The summed E-state index contributed by atoms with van der Waals surface area (Å²) in [5.41, 5.74) is 0.783. The molecule has 3 aromatic heterocycles. The second-order valence-electron chi connectivity index (χ2n) is 4.32. The molecule has 0 saturated heterocycles. The molecular formula is C13H10F2N4OS2. The Morgan fingerprint density at radius 1 is 1.32 bits per heavy atom. The van der Waals surface area contributed by atoms with Crippen LogP contribution in [-0.4, -0.2) is 20.9 Å². The van der Waals surface area contributed by atoms with Gasteiger partial charge in [-0.25, -0.2) is 9.97 Å². The Kier molecular flexibility index (Phi) is 3.99. The van der Waals surface area contributed by atoms with Gasteiger partial charge in [-0.3, -0.25) is 4.79 Å². The van der Waals surface area contributed by atoms with E-state index in [2.05, 4.69) is 20.3 Å². The SMILES string of the molecule is O=C(NCc1ncc(-c2cccs2)[nH]1)C(F)(F)c1nccs1. The molecule has 0 bridgehead atoms. The zero-order valence-corrected chi connectivity index (χ0v) is 12.7. The van der Waals surface area contributed by atoms with Crippen LogP contribution in [-0.2, 0) is 17.3 Å². The van der Waals surface area contributed by atoms with E-state index in [0.29, 0.717) is 5.82 Å². The van der Waals surface area contributed by atoms with Crippen molar-refractivity contribution in [3.05, 3.63) is 46.1 Å². The fourth-order valence-electron chi connectivity index (χ4n) is 1.76. The number of halogens is 2. The number of nitrogens with one attached hydrogen (secondary N) is 2. The zero-order valence-electron chi connectivity index (χ0n) is 11.0. The van der Waals surface area contributed by atoms with E-state index in [1.807, 2.05) is 17.5 Å². The highest BCUT2D eigenvalue weighted by Crippen LogP contribution is 2.29. The van der Waals surface area contributed by atoms with Crippen LogP contribution in [0.1, 0.15) is 10.8 Å². The molecule has 9 heteroatoms. The van der Waals surface area contributed by atoms with Gasteiger partial charge in [-0.1, -0.05) is 6.07 Å². The predicted molar refractivity (Wildman–Crippen MR) is 79.8 cm³/mol. The Balaban J connectivity index is 1.64. The molecule has 0 aromatic carbocycles. The number of carbonyl (C=O) groups is 1. The minimum Gasteiger partial charge on any atom is -0.343 e. The molecule has 5 nitrogen and oxygen atoms in total. The fourth-order valence-corrected chi connectivity index (χ4v) is 3.06. The van der Waals surface area contributed by atoms with Crippen molar-refractivity contribution in [3.63, 3.8) is 0 Å². The van der Waals surface area contributed by atoms with Crippen molar-refractivity contribution in [1.82, 2.24) is 20.3 Å². The number of thiazole rings is 1. The minimum absolute atomic E-state index is 0.106. The number of H-pyrrole nitrogens is 1. The number of alkyl halides is 2. The topological polar surface area (TPSA) is 70.7 Å². The summed E-state index contributed by atoms with van der Waals surface area (Å²) in [6, 6.07) is 3.81. The maximum atomic E-state index is 13.8. The third-order valence-electron chi connectivity index (χ3n) is 2.82. The molecule has 2 N–H and O–H groups in total. The molecule has 1 amide bonds. The van der Waals surface area contributed by atoms with Gasteiger partial charge >= 0.3 is 5.92 Å². The summed E-state index contributed by atoms with van der Waals surface area (Å²) in [5.74, 6) is -4.62. The molecule has 0 aliphatic heterocycles. The number of nitrogens with zero attached hydrogens (tertiary/aromatic N) is 2. The molecule has 0 fully saturated rings. The summed E-state index contributed by atoms with van der Waals surface area (Å²) < 4.78 is 27.6. The molecule has 0 saturated carbocycles. The standard InChI is InChI=1S/C13H10F2N4OS2/c14-13(15,12-16-3-5-22-12)11(20)18-7-10-17-6-8(19-10)9-2-1-4-21-9/h1-6H,7H2,(H,17,19)(H,18,20). The summed E-state index contributed by atoms with van der Waals surface area (Å²) in [5, 5.41) is 4.97. The van der Waals surface area contributed by atoms with Gasteiger partial charge in [-0.05, 0) is 11.4 Å². The molecule has 0 unspecified atom stereocenters. The Morgan fingerprint density at radius 3 is 2.86 bits per heavy atom. The number of amides is 1. The lowest BCUT2D eigenvalue weighted by molar-refractivity contribution is -0.147. The van der Waals surface area contributed by atoms with Gasteiger partial charge in [0.2, 0.25) is 0 Å². The van der Waals surface area contributed by atoms with E-state index >= 15 is 0 Å². The smallest absolute Gasteiger partial charge is 0.343 e. The largest absolute Gasteiger partial charge is 0.375 e. The molecule has 0 aliphatic carbocycles. The molecule has 0 spiro atoms. The highest BCUT2D eigenvalue weighted by Gasteiger charge is 2.43. The molecule has 114 valence electrons. The van der Waals surface area contributed by atoms with Crippen LogP contribution in [0.4, 0.5) is 8.78 Å². The van der Waals surface area contributed by atoms with Crippen LogP contribution in [0, 0.1) is 0 Å². The number of aromatic nitrogens is 3. The molecule has 0 radical (unpaired) electrons. The van der Waals surface area contributed by atoms with E-state index in [1.54, 1.807) is 6.20 Å². The second-order valence-corrected chi connectivity index (χ2v) is 6.16. The summed E-state index contributed by atoms with van der Waals surface area (Å²) in [7, 11) is 0. The van der Waals surface area contributed by atoms with E-state index in [0.717, 1.165) is 21.9 Å². The van der Waals surface area contributed by atoms with Crippen LogP contribution in [0.2, 0.25) is 0 Å². The Morgan fingerprint density at radius 2 is 2.18 bits per heavy atom. The Bertz CT molecular complexity index is 753. The quantitative estimate of drug-likeness (QED) is 0.750. The molecule has 3 rings (SSSR count). The lowest BCUT2D eigenvalue weighted by Crippen LogP contribution is -2.37. The number of rotatable bonds is 5. The number of aromatic amines is 1. The lowest BCUT2D eigenvalue weighted by atomic mass is 10.3. The molecule has 3 aromatic rings. The first-order chi connectivity index (χ1) is 10.6. The van der Waals surface area contributed by atoms with Crippen LogP contribution >= 0.6 is 22.7 Å².